The molecule has 0 aliphatic heterocycles. The molecule has 0 unspecified atom stereocenters. The molecule has 2 aromatic heterocycles. The van der Waals surface area contributed by atoms with Crippen LogP contribution in [0.2, 0.25) is 0 Å². The largest absolute Gasteiger partial charge is 0.342 e. The van der Waals surface area contributed by atoms with Crippen molar-refractivity contribution in [2.45, 2.75) is 6.54 Å². The Bertz CT molecular complexity index is 469. The number of fused-ring (bicyclic) bond motifs is 1. The molecule has 0 fully saturated rings. The number of aromatic amines is 1. The van der Waals surface area contributed by atoms with Gasteiger partial charge in [0.25, 0.3) is 5.56 Å². The summed E-state index contributed by atoms with van der Waals surface area (Å²) in [6.45, 7) is 1.22. The Morgan fingerprint density at radius 2 is 2.31 bits per heavy atom. The molecule has 68 valence electrons. The number of hydrogen-bond acceptors (Lipinski definition) is 2. The molecule has 0 amide bonds. The van der Waals surface area contributed by atoms with Crippen LogP contribution in [0, 0.1) is 0 Å². The van der Waals surface area contributed by atoms with E-state index in [9.17, 15) is 4.79 Å². The summed E-state index contributed by atoms with van der Waals surface area (Å²) in [7, 11) is 0. The van der Waals surface area contributed by atoms with Crippen LogP contribution in [0.5, 0.6) is 0 Å². The molecule has 0 saturated carbocycles. The lowest BCUT2D eigenvalue weighted by Crippen LogP contribution is -2.14. The van der Waals surface area contributed by atoms with Gasteiger partial charge in [0.2, 0.25) is 0 Å². The lowest BCUT2D eigenvalue weighted by molar-refractivity contribution is 0.732. The van der Waals surface area contributed by atoms with Crippen molar-refractivity contribution in [2.24, 2.45) is 5.73 Å². The first-order valence-electron chi connectivity index (χ1n) is 4.19. The van der Waals surface area contributed by atoms with Gasteiger partial charge in [-0.1, -0.05) is 0 Å². The van der Waals surface area contributed by atoms with E-state index in [1.807, 2.05) is 22.9 Å². The molecule has 3 N–H and O–H groups in total. The molecule has 0 saturated heterocycles. The molecular formula is C9H11N3O. The van der Waals surface area contributed by atoms with Crippen LogP contribution in [-0.4, -0.2) is 16.1 Å². The number of nitrogens with one attached hydrogen (secondary N) is 1. The second-order valence-electron chi connectivity index (χ2n) is 2.91. The topological polar surface area (TPSA) is 63.8 Å². The van der Waals surface area contributed by atoms with Crippen molar-refractivity contribution in [1.82, 2.24) is 9.55 Å². The molecule has 0 spiro atoms. The molecule has 0 aliphatic carbocycles. The second-order valence-corrected chi connectivity index (χ2v) is 2.91. The quantitative estimate of drug-likeness (QED) is 0.692. The molecule has 0 aliphatic rings. The number of nitrogens with two attached hydrogens (primary N) is 1. The summed E-state index contributed by atoms with van der Waals surface area (Å²) in [6, 6.07) is 3.80. The van der Waals surface area contributed by atoms with Crippen LogP contribution in [0.15, 0.2) is 29.3 Å². The van der Waals surface area contributed by atoms with E-state index in [1.54, 1.807) is 6.20 Å². The number of aromatic nitrogens is 2. The van der Waals surface area contributed by atoms with Crippen molar-refractivity contribution in [3.8, 4) is 0 Å². The summed E-state index contributed by atoms with van der Waals surface area (Å²) in [4.78, 5) is 14.1. The Morgan fingerprint density at radius 3 is 3.08 bits per heavy atom. The van der Waals surface area contributed by atoms with Gasteiger partial charge in [0.05, 0.1) is 0 Å². The second kappa shape index (κ2) is 3.06. The zero-order valence-electron chi connectivity index (χ0n) is 7.16. The fourth-order valence-corrected chi connectivity index (χ4v) is 1.49. The Morgan fingerprint density at radius 1 is 1.46 bits per heavy atom. The molecule has 2 aromatic rings. The highest BCUT2D eigenvalue weighted by atomic mass is 16.1. The molecule has 0 bridgehead atoms. The van der Waals surface area contributed by atoms with E-state index in [1.165, 1.54) is 0 Å². The van der Waals surface area contributed by atoms with Crippen molar-refractivity contribution < 1.29 is 0 Å². The third-order valence-electron chi connectivity index (χ3n) is 2.06. The molecule has 0 atom stereocenters. The third kappa shape index (κ3) is 1.25. The summed E-state index contributed by atoms with van der Waals surface area (Å²) < 4.78 is 1.87. The minimum absolute atomic E-state index is 0.0593. The van der Waals surface area contributed by atoms with Gasteiger partial charge in [-0.25, -0.2) is 0 Å². The fourth-order valence-electron chi connectivity index (χ4n) is 1.49. The van der Waals surface area contributed by atoms with Crippen molar-refractivity contribution in [1.29, 1.82) is 0 Å². The zero-order chi connectivity index (χ0) is 9.26. The summed E-state index contributed by atoms with van der Waals surface area (Å²) >= 11 is 0. The molecular weight excluding hydrogens is 166 g/mol. The van der Waals surface area contributed by atoms with E-state index in [0.29, 0.717) is 18.6 Å². The van der Waals surface area contributed by atoms with E-state index < -0.39 is 0 Å². The van der Waals surface area contributed by atoms with Gasteiger partial charge in [0.15, 0.2) is 0 Å². The molecule has 4 nitrogen and oxygen atoms in total. The van der Waals surface area contributed by atoms with Gasteiger partial charge >= 0.3 is 0 Å². The Kier molecular flexibility index (Phi) is 1.90. The standard InChI is InChI=1S/C9H11N3O/c10-3-6-12-5-2-7-1-4-11-9(13)8(7)12/h1-2,4-5H,3,6,10H2,(H,11,13). The smallest absolute Gasteiger partial charge is 0.272 e. The van der Waals surface area contributed by atoms with E-state index >= 15 is 0 Å². The molecule has 2 heterocycles. The predicted octanol–water partition coefficient (Wildman–Crippen LogP) is 0.288. The first kappa shape index (κ1) is 8.07. The molecule has 2 rings (SSSR count). The number of hydrogen-bond donors (Lipinski definition) is 2. The van der Waals surface area contributed by atoms with Crippen LogP contribution in [-0.2, 0) is 6.54 Å². The lowest BCUT2D eigenvalue weighted by Gasteiger charge is -2.00. The average Bonchev–Trinajstić information content (AvgIpc) is 2.51. The van der Waals surface area contributed by atoms with Crippen LogP contribution in [0.25, 0.3) is 10.9 Å². The summed E-state index contributed by atoms with van der Waals surface area (Å²) in [5.41, 5.74) is 6.07. The Hall–Kier alpha value is -1.55. The van der Waals surface area contributed by atoms with Gasteiger partial charge in [0.1, 0.15) is 5.52 Å². The van der Waals surface area contributed by atoms with E-state index in [-0.39, 0.29) is 5.56 Å². The van der Waals surface area contributed by atoms with Crippen molar-refractivity contribution in [2.75, 3.05) is 6.54 Å². The third-order valence-corrected chi connectivity index (χ3v) is 2.06. The summed E-state index contributed by atoms with van der Waals surface area (Å²) in [6.07, 6.45) is 3.53. The van der Waals surface area contributed by atoms with Crippen LogP contribution in [0.3, 0.4) is 0 Å². The normalized spacial score (nSPS) is 10.8. The molecule has 13 heavy (non-hydrogen) atoms. The lowest BCUT2D eigenvalue weighted by atomic mass is 10.3. The monoisotopic (exact) mass is 177 g/mol. The van der Waals surface area contributed by atoms with Crippen LogP contribution in [0.4, 0.5) is 0 Å². The van der Waals surface area contributed by atoms with Gasteiger partial charge in [-0.3, -0.25) is 4.79 Å². The number of pyridine rings is 1. The maximum atomic E-state index is 11.4. The van der Waals surface area contributed by atoms with Gasteiger partial charge in [-0.15, -0.1) is 0 Å². The number of rotatable bonds is 2. The maximum absolute atomic E-state index is 11.4. The maximum Gasteiger partial charge on any atom is 0.272 e. The summed E-state index contributed by atoms with van der Waals surface area (Å²) in [5.74, 6) is 0. The van der Waals surface area contributed by atoms with Crippen LogP contribution < -0.4 is 11.3 Å². The Balaban J connectivity index is 2.71. The molecule has 0 radical (unpaired) electrons. The first-order chi connectivity index (χ1) is 6.33. The van der Waals surface area contributed by atoms with Gasteiger partial charge in [-0.2, -0.15) is 0 Å². The van der Waals surface area contributed by atoms with Gasteiger partial charge in [-0.05, 0) is 12.1 Å². The highest BCUT2D eigenvalue weighted by molar-refractivity contribution is 5.78. The van der Waals surface area contributed by atoms with E-state index in [2.05, 4.69) is 4.98 Å². The van der Waals surface area contributed by atoms with Crippen LogP contribution >= 0.6 is 0 Å². The van der Waals surface area contributed by atoms with Crippen molar-refractivity contribution in [3.63, 3.8) is 0 Å². The fraction of sp³-hybridized carbons (Fsp3) is 0.222. The summed E-state index contributed by atoms with van der Waals surface area (Å²) in [5, 5.41) is 0.956. The Labute approximate surface area is 75.0 Å². The number of nitrogens with zero attached hydrogens (tertiary/aromatic N) is 1. The molecule has 4 heteroatoms. The highest BCUT2D eigenvalue weighted by Gasteiger charge is 2.02. The average molecular weight is 177 g/mol. The minimum atomic E-state index is -0.0593. The van der Waals surface area contributed by atoms with E-state index in [4.69, 9.17) is 5.73 Å². The number of H-pyrrole nitrogens is 1. The van der Waals surface area contributed by atoms with Gasteiger partial charge < -0.3 is 15.3 Å². The first-order valence-corrected chi connectivity index (χ1v) is 4.19. The minimum Gasteiger partial charge on any atom is -0.342 e. The van der Waals surface area contributed by atoms with Gasteiger partial charge in [0, 0.05) is 30.9 Å². The predicted molar refractivity (Wildman–Crippen MR) is 51.6 cm³/mol. The van der Waals surface area contributed by atoms with E-state index in [0.717, 1.165) is 5.39 Å². The van der Waals surface area contributed by atoms with Crippen molar-refractivity contribution >= 4 is 10.9 Å². The SMILES string of the molecule is NCCn1ccc2cc[nH]c(=O)c21. The zero-order valence-corrected chi connectivity index (χ0v) is 7.16. The van der Waals surface area contributed by atoms with Crippen LogP contribution in [0.1, 0.15) is 0 Å². The highest BCUT2D eigenvalue weighted by Crippen LogP contribution is 2.09. The molecule has 0 aromatic carbocycles. The van der Waals surface area contributed by atoms with Crippen molar-refractivity contribution in [3.05, 3.63) is 34.9 Å².